The molecule has 1 aromatic carbocycles. The predicted octanol–water partition coefficient (Wildman–Crippen LogP) is 3.51. The molecule has 4 atom stereocenters. The first-order valence-electron chi connectivity index (χ1n) is 14.1. The van der Waals surface area contributed by atoms with Crippen molar-refractivity contribution in [3.63, 3.8) is 0 Å². The zero-order valence-corrected chi connectivity index (χ0v) is 23.5. The number of piperidine rings is 1. The van der Waals surface area contributed by atoms with Gasteiger partial charge >= 0.3 is 0 Å². The van der Waals surface area contributed by atoms with Crippen LogP contribution >= 0.6 is 0 Å². The Morgan fingerprint density at radius 3 is 2.39 bits per heavy atom. The average Bonchev–Trinajstić information content (AvgIpc) is 3.68. The van der Waals surface area contributed by atoms with Crippen molar-refractivity contribution in [2.24, 2.45) is 0 Å². The van der Waals surface area contributed by atoms with E-state index in [2.05, 4.69) is 14.8 Å². The third-order valence-electron chi connectivity index (χ3n) is 8.74. The highest BCUT2D eigenvalue weighted by Crippen LogP contribution is 2.45. The molecule has 4 aromatic rings. The monoisotopic (exact) mass is 569 g/mol. The molecule has 210 valence electrons. The Morgan fingerprint density at radius 2 is 1.76 bits per heavy atom. The highest BCUT2D eigenvalue weighted by molar-refractivity contribution is 7.83. The Labute approximate surface area is 240 Å². The molecule has 1 amide bonds. The number of hydrogen-bond acceptors (Lipinski definition) is 7. The quantitative estimate of drug-likeness (QED) is 0.351. The van der Waals surface area contributed by atoms with E-state index in [-0.39, 0.29) is 41.6 Å². The molecule has 3 aromatic heterocycles. The van der Waals surface area contributed by atoms with Crippen molar-refractivity contribution in [2.45, 2.75) is 63.1 Å². The SMILES string of the molecule is CC(=O)c1c(C2CC3CCC(C2)N3C(=O)C2CCS(=O)N2)nc2c(-c3ccc(-c4ccccc4)nc3)cnn2c1N. The Hall–Kier alpha value is -3.96. The van der Waals surface area contributed by atoms with Crippen LogP contribution in [0.3, 0.4) is 0 Å². The Balaban J connectivity index is 1.23. The molecule has 0 radical (unpaired) electrons. The summed E-state index contributed by atoms with van der Waals surface area (Å²) in [4.78, 5) is 38.0. The van der Waals surface area contributed by atoms with Crippen molar-refractivity contribution in [2.75, 3.05) is 11.5 Å². The Morgan fingerprint density at radius 1 is 1.00 bits per heavy atom. The number of nitrogen functional groups attached to an aromatic ring is 1. The van der Waals surface area contributed by atoms with Crippen molar-refractivity contribution >= 4 is 34.1 Å². The second kappa shape index (κ2) is 10.1. The third kappa shape index (κ3) is 4.43. The number of rotatable bonds is 5. The van der Waals surface area contributed by atoms with Gasteiger partial charge in [-0.3, -0.25) is 14.6 Å². The summed E-state index contributed by atoms with van der Waals surface area (Å²) in [6.45, 7) is 1.51. The van der Waals surface area contributed by atoms with Crippen LogP contribution in [0.15, 0.2) is 54.9 Å². The second-order valence-corrected chi connectivity index (χ2v) is 12.5. The van der Waals surface area contributed by atoms with Crippen molar-refractivity contribution < 1.29 is 13.8 Å². The molecule has 3 aliphatic heterocycles. The summed E-state index contributed by atoms with van der Waals surface area (Å²) in [7, 11) is -1.14. The lowest BCUT2D eigenvalue weighted by Gasteiger charge is -2.40. The van der Waals surface area contributed by atoms with Gasteiger partial charge < -0.3 is 10.6 Å². The first kappa shape index (κ1) is 26.0. The first-order chi connectivity index (χ1) is 19.9. The maximum Gasteiger partial charge on any atom is 0.241 e. The first-order valence-corrected chi connectivity index (χ1v) is 15.4. The molecule has 3 N–H and O–H groups in total. The Kier molecular flexibility index (Phi) is 6.43. The zero-order valence-electron chi connectivity index (χ0n) is 22.7. The van der Waals surface area contributed by atoms with Gasteiger partial charge in [0.1, 0.15) is 5.82 Å². The summed E-state index contributed by atoms with van der Waals surface area (Å²) in [5.41, 5.74) is 11.8. The number of hydrogen-bond donors (Lipinski definition) is 2. The van der Waals surface area contributed by atoms with Gasteiger partial charge in [0.2, 0.25) is 5.91 Å². The summed E-state index contributed by atoms with van der Waals surface area (Å²) in [6, 6.07) is 13.7. The van der Waals surface area contributed by atoms with Crippen LogP contribution in [-0.2, 0) is 15.8 Å². The van der Waals surface area contributed by atoms with E-state index in [1.807, 2.05) is 53.6 Å². The van der Waals surface area contributed by atoms with E-state index >= 15 is 0 Å². The average molecular weight is 570 g/mol. The van der Waals surface area contributed by atoms with E-state index in [4.69, 9.17) is 10.7 Å². The van der Waals surface area contributed by atoms with Gasteiger partial charge in [0.25, 0.3) is 0 Å². The van der Waals surface area contributed by atoms with Crippen molar-refractivity contribution in [1.29, 1.82) is 0 Å². The van der Waals surface area contributed by atoms with Gasteiger partial charge in [-0.05, 0) is 45.1 Å². The van der Waals surface area contributed by atoms with E-state index in [0.29, 0.717) is 41.9 Å². The number of anilines is 1. The third-order valence-corrected chi connectivity index (χ3v) is 9.90. The van der Waals surface area contributed by atoms with Gasteiger partial charge in [0.15, 0.2) is 11.4 Å². The molecule has 0 saturated carbocycles. The van der Waals surface area contributed by atoms with Crippen LogP contribution in [0, 0.1) is 0 Å². The maximum atomic E-state index is 13.4. The van der Waals surface area contributed by atoms with Crippen LogP contribution in [0.25, 0.3) is 28.0 Å². The molecule has 3 fully saturated rings. The molecule has 3 aliphatic rings. The number of nitrogens with zero attached hydrogens (tertiary/aromatic N) is 5. The predicted molar refractivity (Wildman–Crippen MR) is 156 cm³/mol. The fourth-order valence-electron chi connectivity index (χ4n) is 6.84. The van der Waals surface area contributed by atoms with Crippen molar-refractivity contribution in [3.05, 3.63) is 66.1 Å². The van der Waals surface area contributed by atoms with E-state index in [1.165, 1.54) is 6.92 Å². The molecular weight excluding hydrogens is 538 g/mol. The van der Waals surface area contributed by atoms with Gasteiger partial charge in [0, 0.05) is 46.6 Å². The molecule has 0 aliphatic carbocycles. The van der Waals surface area contributed by atoms with E-state index in [1.54, 1.807) is 10.7 Å². The highest BCUT2D eigenvalue weighted by atomic mass is 32.2. The summed E-state index contributed by atoms with van der Waals surface area (Å²) < 4.78 is 16.3. The minimum absolute atomic E-state index is 0.0187. The number of ketones is 1. The van der Waals surface area contributed by atoms with Gasteiger partial charge in [-0.1, -0.05) is 36.4 Å². The zero-order chi connectivity index (χ0) is 28.2. The molecular formula is C30H31N7O3S. The molecule has 10 nitrogen and oxygen atoms in total. The molecule has 7 rings (SSSR count). The lowest BCUT2D eigenvalue weighted by atomic mass is 9.85. The minimum atomic E-state index is -1.14. The summed E-state index contributed by atoms with van der Waals surface area (Å²) in [5, 5.41) is 4.50. The van der Waals surface area contributed by atoms with Crippen LogP contribution in [0.4, 0.5) is 5.82 Å². The molecule has 11 heteroatoms. The molecule has 2 bridgehead atoms. The molecule has 41 heavy (non-hydrogen) atoms. The van der Waals surface area contributed by atoms with E-state index in [9.17, 15) is 13.8 Å². The molecule has 4 unspecified atom stereocenters. The standard InChI is InChI=1S/C30H31N7O3S/c1-17(38)26-27(20-13-21-8-9-22(14-20)36(21)30(39)25-11-12-41(40)35-25)34-29-23(16-33-37(29)28(26)31)19-7-10-24(32-15-19)18-5-3-2-4-6-18/h2-7,10,15-16,20-22,25,35H,8-9,11-14,31H2,1H3. The highest BCUT2D eigenvalue weighted by Gasteiger charge is 2.47. The number of benzene rings is 1. The van der Waals surface area contributed by atoms with Crippen LogP contribution in [0.1, 0.15) is 61.0 Å². The molecule has 3 saturated heterocycles. The second-order valence-electron chi connectivity index (χ2n) is 11.2. The molecule has 0 spiro atoms. The topological polar surface area (TPSA) is 136 Å². The number of amides is 1. The number of nitrogens with two attached hydrogens (primary N) is 1. The summed E-state index contributed by atoms with van der Waals surface area (Å²) in [5.74, 6) is 0.657. The van der Waals surface area contributed by atoms with E-state index < -0.39 is 11.0 Å². The van der Waals surface area contributed by atoms with Crippen molar-refractivity contribution in [3.8, 4) is 22.4 Å². The van der Waals surface area contributed by atoms with Gasteiger partial charge in [-0.2, -0.15) is 9.61 Å². The van der Waals surface area contributed by atoms with E-state index in [0.717, 1.165) is 35.2 Å². The number of aromatic nitrogens is 4. The number of fused-ring (bicyclic) bond motifs is 3. The number of pyridine rings is 1. The van der Waals surface area contributed by atoms with Gasteiger partial charge in [-0.25, -0.2) is 13.9 Å². The van der Waals surface area contributed by atoms with Crippen LogP contribution < -0.4 is 10.5 Å². The van der Waals surface area contributed by atoms with Crippen LogP contribution in [0.2, 0.25) is 0 Å². The van der Waals surface area contributed by atoms with Crippen LogP contribution in [0.5, 0.6) is 0 Å². The Bertz CT molecular complexity index is 1670. The normalized spacial score (nSPS) is 25.6. The summed E-state index contributed by atoms with van der Waals surface area (Å²) in [6.07, 6.45) is 7.36. The number of carbonyl (C=O) groups excluding carboxylic acids is 2. The fourth-order valence-corrected chi connectivity index (χ4v) is 7.94. The van der Waals surface area contributed by atoms with Gasteiger partial charge in [-0.15, -0.1) is 0 Å². The van der Waals surface area contributed by atoms with Crippen LogP contribution in [-0.4, -0.2) is 64.3 Å². The fraction of sp³-hybridized carbons (Fsp3) is 0.367. The molecule has 6 heterocycles. The number of carbonyl (C=O) groups is 2. The largest absolute Gasteiger partial charge is 0.383 e. The lowest BCUT2D eigenvalue weighted by Crippen LogP contribution is -2.52. The maximum absolute atomic E-state index is 13.4. The number of nitrogens with one attached hydrogen (secondary N) is 1. The smallest absolute Gasteiger partial charge is 0.241 e. The number of Topliss-reactive ketones (excluding diaryl/α,β-unsaturated/α-hetero) is 1. The summed E-state index contributed by atoms with van der Waals surface area (Å²) >= 11 is 0. The minimum Gasteiger partial charge on any atom is -0.383 e. The van der Waals surface area contributed by atoms with Gasteiger partial charge in [0.05, 0.1) is 40.2 Å². The lowest BCUT2D eigenvalue weighted by molar-refractivity contribution is -0.137. The van der Waals surface area contributed by atoms with Crippen molar-refractivity contribution in [1.82, 2.24) is 29.2 Å².